The number of hydrogen-bond acceptors (Lipinski definition) is 6. The predicted octanol–water partition coefficient (Wildman–Crippen LogP) is 3.24. The van der Waals surface area contributed by atoms with Crippen LogP contribution in [0.15, 0.2) is 22.2 Å². The fourth-order valence-corrected chi connectivity index (χ4v) is 3.74. The van der Waals surface area contributed by atoms with E-state index in [-0.39, 0.29) is 10.6 Å². The van der Waals surface area contributed by atoms with Gasteiger partial charge >= 0.3 is 0 Å². The summed E-state index contributed by atoms with van der Waals surface area (Å²) >= 11 is 1.44. The molecule has 3 N–H and O–H groups in total. The monoisotopic (exact) mass is 380 g/mol. The number of aromatic nitrogens is 3. The Hall–Kier alpha value is -1.38. The molecule has 6 nitrogen and oxygen atoms in total. The molecule has 2 heterocycles. The first-order valence-electron chi connectivity index (χ1n) is 8.49. The molecular formula is C17H28N4O2SSi. The molecular weight excluding hydrogens is 352 g/mol. The Morgan fingerprint density at radius 3 is 2.64 bits per heavy atom. The summed E-state index contributed by atoms with van der Waals surface area (Å²) in [5.74, 6) is 0. The van der Waals surface area contributed by atoms with Crippen LogP contribution < -0.4 is 11.3 Å². The third kappa shape index (κ3) is 4.42. The van der Waals surface area contributed by atoms with Gasteiger partial charge in [0.2, 0.25) is 0 Å². The van der Waals surface area contributed by atoms with Gasteiger partial charge in [-0.2, -0.15) is 0 Å². The second kappa shape index (κ2) is 7.47. The van der Waals surface area contributed by atoms with Crippen LogP contribution in [0.1, 0.15) is 33.1 Å². The lowest BCUT2D eigenvalue weighted by Gasteiger charge is -2.35. The number of nitrogens with zero attached hydrogens (tertiary/aromatic N) is 3. The smallest absolute Gasteiger partial charge is 0.254 e. The van der Waals surface area contributed by atoms with Gasteiger partial charge in [-0.3, -0.25) is 9.36 Å². The minimum atomic E-state index is -2.20. The van der Waals surface area contributed by atoms with Crippen LogP contribution >= 0.6 is 11.8 Å². The Bertz CT molecular complexity index is 815. The van der Waals surface area contributed by atoms with Crippen LogP contribution in [0.25, 0.3) is 11.0 Å². The second-order valence-corrected chi connectivity index (χ2v) is 12.8. The molecule has 0 atom stereocenters. The molecule has 0 amide bonds. The third-order valence-electron chi connectivity index (χ3n) is 5.13. The van der Waals surface area contributed by atoms with Crippen molar-refractivity contribution in [3.63, 3.8) is 0 Å². The van der Waals surface area contributed by atoms with E-state index in [2.05, 4.69) is 23.8 Å². The minimum absolute atomic E-state index is 0.0463. The van der Waals surface area contributed by atoms with Gasteiger partial charge in [0.05, 0.1) is 5.39 Å². The number of unbranched alkanes of at least 4 members (excludes halogenated alkanes) is 1. The van der Waals surface area contributed by atoms with Crippen LogP contribution in [0.5, 0.6) is 0 Å². The maximum atomic E-state index is 12.4. The molecule has 0 aromatic carbocycles. The number of fused-ring (bicyclic) bond motifs is 1. The molecule has 2 rings (SSSR count). The highest BCUT2D eigenvalue weighted by atomic mass is 32.2. The van der Waals surface area contributed by atoms with E-state index in [0.29, 0.717) is 28.4 Å². The average Bonchev–Trinajstić information content (AvgIpc) is 2.52. The Labute approximate surface area is 154 Å². The molecule has 0 radical (unpaired) electrons. The minimum Gasteiger partial charge on any atom is -0.432 e. The molecule has 0 fully saturated rings. The lowest BCUT2D eigenvalue weighted by atomic mass is 10.1. The topological polar surface area (TPSA) is 94.0 Å². The molecule has 0 saturated heterocycles. The Kier molecular flexibility index (Phi) is 5.96. The zero-order valence-corrected chi connectivity index (χ0v) is 17.5. The van der Waals surface area contributed by atoms with Gasteiger partial charge in [-0.15, -0.1) is 0 Å². The molecule has 0 spiro atoms. The number of nitrogen functional groups attached to an aromatic ring is 1. The Balaban J connectivity index is 2.20. The van der Waals surface area contributed by atoms with Gasteiger partial charge in [-0.25, -0.2) is 9.97 Å². The number of pyridine rings is 1. The molecule has 0 unspecified atom stereocenters. The van der Waals surface area contributed by atoms with Gasteiger partial charge in [0.25, 0.3) is 5.56 Å². The van der Waals surface area contributed by atoms with Gasteiger partial charge in [-0.05, 0) is 37.2 Å². The van der Waals surface area contributed by atoms with Crippen molar-refractivity contribution in [3.05, 3.63) is 22.6 Å². The van der Waals surface area contributed by atoms with Crippen LogP contribution in [0.2, 0.25) is 18.1 Å². The zero-order chi connectivity index (χ0) is 18.8. The summed E-state index contributed by atoms with van der Waals surface area (Å²) in [6, 6.07) is 1.44. The van der Waals surface area contributed by atoms with Crippen LogP contribution in [0.3, 0.4) is 0 Å². The number of nitrogens with two attached hydrogens (primary N) is 1. The Morgan fingerprint density at radius 2 is 2.04 bits per heavy atom. The standard InChI is InChI=1S/C17H28N4O2SSi/c1-17(2,25(4,5)23)8-6-7-9-21-14(22)10-13(18)12-11-19-16(24-3)20-15(12)21/h10-11,23H,6-9,18H2,1-5H3. The van der Waals surface area contributed by atoms with E-state index in [1.807, 2.05) is 19.3 Å². The second-order valence-electron chi connectivity index (χ2n) is 7.58. The number of anilines is 1. The lowest BCUT2D eigenvalue weighted by molar-refractivity contribution is 0.432. The highest BCUT2D eigenvalue weighted by molar-refractivity contribution is 7.98. The van der Waals surface area contributed by atoms with Crippen molar-refractivity contribution in [2.45, 2.75) is 62.9 Å². The molecule has 2 aromatic rings. The summed E-state index contributed by atoms with van der Waals surface area (Å²) < 4.78 is 1.68. The highest BCUT2D eigenvalue weighted by Crippen LogP contribution is 2.40. The number of rotatable bonds is 7. The highest BCUT2D eigenvalue weighted by Gasteiger charge is 2.37. The molecule has 8 heteroatoms. The summed E-state index contributed by atoms with van der Waals surface area (Å²) in [6.07, 6.45) is 6.32. The van der Waals surface area contributed by atoms with Crippen molar-refractivity contribution < 1.29 is 4.80 Å². The van der Waals surface area contributed by atoms with E-state index in [0.717, 1.165) is 19.3 Å². The van der Waals surface area contributed by atoms with E-state index in [1.165, 1.54) is 17.8 Å². The SMILES string of the molecule is CSc1ncc2c(N)cc(=O)n(CCCCC(C)(C)[Si](C)(C)O)c2n1. The van der Waals surface area contributed by atoms with Crippen LogP contribution in [-0.2, 0) is 6.54 Å². The van der Waals surface area contributed by atoms with Crippen LogP contribution in [-0.4, -0.2) is 33.9 Å². The van der Waals surface area contributed by atoms with E-state index in [4.69, 9.17) is 5.73 Å². The maximum absolute atomic E-state index is 12.4. The van der Waals surface area contributed by atoms with Crippen LogP contribution in [0.4, 0.5) is 5.69 Å². The van der Waals surface area contributed by atoms with Gasteiger partial charge in [-0.1, -0.05) is 32.0 Å². The van der Waals surface area contributed by atoms with Crippen molar-refractivity contribution in [1.29, 1.82) is 0 Å². The van der Waals surface area contributed by atoms with E-state index >= 15 is 0 Å². The molecule has 0 aliphatic carbocycles. The van der Waals surface area contributed by atoms with Gasteiger partial charge in [0.1, 0.15) is 5.65 Å². The molecule has 0 saturated carbocycles. The fraction of sp³-hybridized carbons (Fsp3) is 0.588. The van der Waals surface area contributed by atoms with Crippen molar-refractivity contribution in [1.82, 2.24) is 14.5 Å². The van der Waals surface area contributed by atoms with Gasteiger partial charge in [0.15, 0.2) is 13.5 Å². The van der Waals surface area contributed by atoms with Gasteiger partial charge in [0, 0.05) is 24.5 Å². The first kappa shape index (κ1) is 19.9. The molecule has 138 valence electrons. The third-order valence-corrected chi connectivity index (χ3v) is 9.25. The average molecular weight is 381 g/mol. The first-order valence-corrected chi connectivity index (χ1v) is 12.7. The van der Waals surface area contributed by atoms with Crippen molar-refractivity contribution in [2.24, 2.45) is 0 Å². The number of hydrogen-bond donors (Lipinski definition) is 2. The van der Waals surface area contributed by atoms with Crippen LogP contribution in [0, 0.1) is 0 Å². The van der Waals surface area contributed by atoms with E-state index < -0.39 is 8.32 Å². The zero-order valence-electron chi connectivity index (χ0n) is 15.7. The summed E-state index contributed by atoms with van der Waals surface area (Å²) in [6.45, 7) is 8.80. The summed E-state index contributed by atoms with van der Waals surface area (Å²) in [4.78, 5) is 31.5. The number of aryl methyl sites for hydroxylation is 1. The predicted molar refractivity (Wildman–Crippen MR) is 108 cm³/mol. The van der Waals surface area contributed by atoms with Crippen molar-refractivity contribution >= 4 is 36.8 Å². The lowest BCUT2D eigenvalue weighted by Crippen LogP contribution is -2.38. The number of thioether (sulfide) groups is 1. The van der Waals surface area contributed by atoms with E-state index in [1.54, 1.807) is 10.8 Å². The molecule has 2 aromatic heterocycles. The molecule has 25 heavy (non-hydrogen) atoms. The maximum Gasteiger partial charge on any atom is 0.254 e. The summed E-state index contributed by atoms with van der Waals surface area (Å²) in [5, 5.41) is 1.29. The van der Waals surface area contributed by atoms with Crippen molar-refractivity contribution in [3.8, 4) is 0 Å². The molecule has 0 aliphatic rings. The quantitative estimate of drug-likeness (QED) is 0.331. The summed E-state index contributed by atoms with van der Waals surface area (Å²) in [5.41, 5.74) is 6.83. The normalized spacial score (nSPS) is 12.7. The van der Waals surface area contributed by atoms with E-state index in [9.17, 15) is 9.59 Å². The van der Waals surface area contributed by atoms with Crippen molar-refractivity contribution in [2.75, 3.05) is 12.0 Å². The summed E-state index contributed by atoms with van der Waals surface area (Å²) in [7, 11) is -2.20. The Morgan fingerprint density at radius 1 is 1.36 bits per heavy atom. The molecule has 0 bridgehead atoms. The molecule has 0 aliphatic heterocycles. The largest absolute Gasteiger partial charge is 0.432 e. The van der Waals surface area contributed by atoms with Gasteiger partial charge < -0.3 is 10.5 Å². The fourth-order valence-electron chi connectivity index (χ4n) is 2.62. The first-order chi connectivity index (χ1) is 11.6.